The van der Waals surface area contributed by atoms with Crippen LogP contribution in [0, 0.1) is 17.0 Å². The number of rotatable bonds is 3. The fourth-order valence-electron chi connectivity index (χ4n) is 2.13. The maximum absolute atomic E-state index is 10.9. The van der Waals surface area contributed by atoms with Gasteiger partial charge in [-0.3, -0.25) is 0 Å². The molecule has 6 nitrogen and oxygen atoms in total. The smallest absolute Gasteiger partial charge is 0.406 e. The fourth-order valence-corrected chi connectivity index (χ4v) is 2.13. The lowest BCUT2D eigenvalue weighted by Gasteiger charge is -2.27. The fraction of sp³-hybridized carbons (Fsp3) is 0.583. The van der Waals surface area contributed by atoms with Gasteiger partial charge in [-0.15, -0.1) is 0 Å². The zero-order valence-corrected chi connectivity index (χ0v) is 10.2. The molecule has 1 aromatic heterocycles. The number of hydrogen-bond donors (Lipinski definition) is 1. The van der Waals surface area contributed by atoms with Gasteiger partial charge in [0.1, 0.15) is 11.8 Å². The lowest BCUT2D eigenvalue weighted by molar-refractivity contribution is -0.390. The topological polar surface area (TPSA) is 85.5 Å². The highest BCUT2D eigenvalue weighted by molar-refractivity contribution is 5.40. The van der Waals surface area contributed by atoms with Crippen LogP contribution in [0.25, 0.3) is 0 Å². The lowest BCUT2D eigenvalue weighted by Crippen LogP contribution is -2.34. The first-order chi connectivity index (χ1) is 8.58. The average molecular weight is 252 g/mol. The Labute approximate surface area is 105 Å². The molecular formula is C12H16N2O4. The second kappa shape index (κ2) is 5.30. The molecule has 0 saturated heterocycles. The summed E-state index contributed by atoms with van der Waals surface area (Å²) in [6.07, 6.45) is 2.40. The largest absolute Gasteiger partial charge is 0.480 e. The standard InChI is InChI=1S/C12H16N2O4/c1-8-6-7-11(12(13-8)14(16)17)18-10-5-3-2-4-9(10)15/h6-7,9-10,15H,2-5H2,1H3. The molecule has 98 valence electrons. The summed E-state index contributed by atoms with van der Waals surface area (Å²) in [5.74, 6) is -0.149. The van der Waals surface area contributed by atoms with E-state index in [9.17, 15) is 15.2 Å². The number of aliphatic hydroxyl groups excluding tert-OH is 1. The van der Waals surface area contributed by atoms with Gasteiger partial charge in [0.2, 0.25) is 5.75 Å². The third-order valence-electron chi connectivity index (χ3n) is 3.10. The third kappa shape index (κ3) is 2.76. The van der Waals surface area contributed by atoms with Crippen LogP contribution in [0.5, 0.6) is 5.75 Å². The Kier molecular flexibility index (Phi) is 3.76. The molecular weight excluding hydrogens is 236 g/mol. The summed E-state index contributed by atoms with van der Waals surface area (Å²) in [4.78, 5) is 14.2. The van der Waals surface area contributed by atoms with Gasteiger partial charge in [0.05, 0.1) is 6.10 Å². The zero-order chi connectivity index (χ0) is 13.1. The molecule has 1 saturated carbocycles. The minimum Gasteiger partial charge on any atom is -0.480 e. The van der Waals surface area contributed by atoms with Crippen molar-refractivity contribution in [3.8, 4) is 5.75 Å². The Morgan fingerprint density at radius 2 is 2.17 bits per heavy atom. The Morgan fingerprint density at radius 1 is 1.44 bits per heavy atom. The minimum absolute atomic E-state index is 0.136. The summed E-state index contributed by atoms with van der Waals surface area (Å²) in [6, 6.07) is 3.21. The number of aryl methyl sites for hydroxylation is 1. The molecule has 0 aromatic carbocycles. The first kappa shape index (κ1) is 12.8. The Morgan fingerprint density at radius 3 is 2.83 bits per heavy atom. The van der Waals surface area contributed by atoms with Gasteiger partial charge in [-0.05, 0) is 41.3 Å². The van der Waals surface area contributed by atoms with Gasteiger partial charge in [-0.25, -0.2) is 0 Å². The summed E-state index contributed by atoms with van der Waals surface area (Å²) in [6.45, 7) is 1.69. The van der Waals surface area contributed by atoms with Gasteiger partial charge < -0.3 is 20.0 Å². The molecule has 0 spiro atoms. The molecule has 0 aliphatic heterocycles. The van der Waals surface area contributed by atoms with Gasteiger partial charge in [0, 0.05) is 6.92 Å². The maximum Gasteiger partial charge on any atom is 0.406 e. The summed E-state index contributed by atoms with van der Waals surface area (Å²) in [7, 11) is 0. The zero-order valence-electron chi connectivity index (χ0n) is 10.2. The minimum atomic E-state index is -0.558. The quantitative estimate of drug-likeness (QED) is 0.656. The summed E-state index contributed by atoms with van der Waals surface area (Å²) in [5, 5.41) is 20.7. The molecule has 1 aromatic rings. The van der Waals surface area contributed by atoms with E-state index in [0.29, 0.717) is 18.5 Å². The number of pyridine rings is 1. The van der Waals surface area contributed by atoms with Crippen molar-refractivity contribution in [3.63, 3.8) is 0 Å². The summed E-state index contributed by atoms with van der Waals surface area (Å²) in [5.41, 5.74) is 0.568. The lowest BCUT2D eigenvalue weighted by atomic mass is 9.95. The molecule has 1 aliphatic rings. The highest BCUT2D eigenvalue weighted by Crippen LogP contribution is 2.29. The van der Waals surface area contributed by atoms with Crippen molar-refractivity contribution in [2.75, 3.05) is 0 Å². The number of nitrogens with zero attached hydrogens (tertiary/aromatic N) is 2. The first-order valence-electron chi connectivity index (χ1n) is 6.04. The van der Waals surface area contributed by atoms with E-state index in [1.54, 1.807) is 19.1 Å². The van der Waals surface area contributed by atoms with E-state index in [1.807, 2.05) is 0 Å². The number of hydrogen-bond acceptors (Lipinski definition) is 5. The Balaban J connectivity index is 2.20. The molecule has 2 atom stereocenters. The van der Waals surface area contributed by atoms with Crippen LogP contribution < -0.4 is 4.74 Å². The molecule has 1 N–H and O–H groups in total. The van der Waals surface area contributed by atoms with Crippen LogP contribution in [0.1, 0.15) is 31.4 Å². The normalized spacial score (nSPS) is 23.7. The molecule has 18 heavy (non-hydrogen) atoms. The van der Waals surface area contributed by atoms with E-state index in [2.05, 4.69) is 4.98 Å². The third-order valence-corrected chi connectivity index (χ3v) is 3.10. The van der Waals surface area contributed by atoms with Crippen molar-refractivity contribution < 1.29 is 14.8 Å². The SMILES string of the molecule is Cc1ccc(OC2CCCCC2O)c([N+](=O)[O-])n1. The molecule has 2 rings (SSSR count). The number of aromatic nitrogens is 1. The summed E-state index contributed by atoms with van der Waals surface area (Å²) >= 11 is 0. The van der Waals surface area contributed by atoms with Crippen molar-refractivity contribution in [1.82, 2.24) is 4.98 Å². The van der Waals surface area contributed by atoms with Crippen molar-refractivity contribution in [3.05, 3.63) is 27.9 Å². The molecule has 1 fully saturated rings. The van der Waals surface area contributed by atoms with E-state index < -0.39 is 11.0 Å². The Bertz CT molecular complexity index is 450. The van der Waals surface area contributed by atoms with Crippen molar-refractivity contribution in [2.45, 2.75) is 44.8 Å². The molecule has 1 aliphatic carbocycles. The van der Waals surface area contributed by atoms with Gasteiger partial charge >= 0.3 is 5.82 Å². The number of nitro groups is 1. The first-order valence-corrected chi connectivity index (χ1v) is 6.04. The second-order valence-electron chi connectivity index (χ2n) is 4.54. The van der Waals surface area contributed by atoms with Crippen LogP contribution in [0.4, 0.5) is 5.82 Å². The predicted molar refractivity (Wildman–Crippen MR) is 64.5 cm³/mol. The molecule has 0 radical (unpaired) electrons. The number of ether oxygens (including phenoxy) is 1. The predicted octanol–water partition coefficient (Wildman–Crippen LogP) is 1.98. The average Bonchev–Trinajstić information content (AvgIpc) is 2.34. The molecule has 0 amide bonds. The van der Waals surface area contributed by atoms with Gasteiger partial charge in [-0.2, -0.15) is 0 Å². The van der Waals surface area contributed by atoms with Crippen molar-refractivity contribution >= 4 is 5.82 Å². The van der Waals surface area contributed by atoms with Crippen LogP contribution >= 0.6 is 0 Å². The van der Waals surface area contributed by atoms with Crippen LogP contribution in [0.2, 0.25) is 0 Å². The van der Waals surface area contributed by atoms with E-state index in [1.165, 1.54) is 0 Å². The Hall–Kier alpha value is -1.69. The van der Waals surface area contributed by atoms with E-state index >= 15 is 0 Å². The van der Waals surface area contributed by atoms with Crippen molar-refractivity contribution in [2.24, 2.45) is 0 Å². The molecule has 6 heteroatoms. The molecule has 1 heterocycles. The molecule has 0 bridgehead atoms. The van der Waals surface area contributed by atoms with E-state index in [4.69, 9.17) is 4.74 Å². The van der Waals surface area contributed by atoms with Gasteiger partial charge in [0.15, 0.2) is 0 Å². The number of aliphatic hydroxyl groups is 1. The molecule has 2 unspecified atom stereocenters. The summed E-state index contributed by atoms with van der Waals surface area (Å²) < 4.78 is 5.56. The van der Waals surface area contributed by atoms with E-state index in [-0.39, 0.29) is 17.7 Å². The van der Waals surface area contributed by atoms with E-state index in [0.717, 1.165) is 12.8 Å². The van der Waals surface area contributed by atoms with Crippen LogP contribution in [0.15, 0.2) is 12.1 Å². The van der Waals surface area contributed by atoms with Crippen molar-refractivity contribution in [1.29, 1.82) is 0 Å². The highest BCUT2D eigenvalue weighted by atomic mass is 16.6. The second-order valence-corrected chi connectivity index (χ2v) is 4.54. The maximum atomic E-state index is 10.9. The van der Waals surface area contributed by atoms with Crippen LogP contribution in [-0.2, 0) is 0 Å². The highest BCUT2D eigenvalue weighted by Gasteiger charge is 2.28. The van der Waals surface area contributed by atoms with Crippen LogP contribution in [0.3, 0.4) is 0 Å². The van der Waals surface area contributed by atoms with Crippen LogP contribution in [-0.4, -0.2) is 27.2 Å². The van der Waals surface area contributed by atoms with Gasteiger partial charge in [0.25, 0.3) is 0 Å². The van der Waals surface area contributed by atoms with Gasteiger partial charge in [-0.1, -0.05) is 6.42 Å². The monoisotopic (exact) mass is 252 g/mol.